The van der Waals surface area contributed by atoms with Crippen LogP contribution in [0, 0.1) is 23.6 Å². The van der Waals surface area contributed by atoms with Gasteiger partial charge < -0.3 is 5.11 Å². The van der Waals surface area contributed by atoms with E-state index in [1.165, 1.54) is 12.1 Å². The summed E-state index contributed by atoms with van der Waals surface area (Å²) in [7, 11) is 0. The van der Waals surface area contributed by atoms with E-state index >= 15 is 4.39 Å². The van der Waals surface area contributed by atoms with E-state index in [2.05, 4.69) is 18.4 Å². The molecule has 0 unspecified atom stereocenters. The fourth-order valence-corrected chi connectivity index (χ4v) is 4.48. The van der Waals surface area contributed by atoms with Gasteiger partial charge in [0.1, 0.15) is 11.9 Å². The zero-order valence-corrected chi connectivity index (χ0v) is 19.8. The Hall–Kier alpha value is -3.32. The van der Waals surface area contributed by atoms with Crippen molar-refractivity contribution >= 4 is 5.97 Å². The molecular weight excluding hydrogens is 503 g/mol. The highest BCUT2D eigenvalue weighted by Gasteiger charge is 2.38. The van der Waals surface area contributed by atoms with Crippen LogP contribution < -0.4 is 0 Å². The number of nitrogens with zero attached hydrogens (tertiary/aromatic N) is 1. The minimum atomic E-state index is -4.75. The summed E-state index contributed by atoms with van der Waals surface area (Å²) in [6.45, 7) is 5.47. The van der Waals surface area contributed by atoms with Gasteiger partial charge in [0.2, 0.25) is 0 Å². The molecule has 0 saturated carbocycles. The number of benzene rings is 2. The van der Waals surface area contributed by atoms with E-state index in [0.717, 1.165) is 24.3 Å². The minimum absolute atomic E-state index is 0.129. The molecule has 1 heterocycles. The molecule has 37 heavy (non-hydrogen) atoms. The predicted octanol–water partition coefficient (Wildman–Crippen LogP) is 7.41. The van der Waals surface area contributed by atoms with Crippen LogP contribution in [0.15, 0.2) is 54.6 Å². The van der Waals surface area contributed by atoms with E-state index in [9.17, 15) is 36.2 Å². The molecule has 0 bridgehead atoms. The summed E-state index contributed by atoms with van der Waals surface area (Å²) in [4.78, 5) is 13.0. The highest BCUT2D eigenvalue weighted by Crippen LogP contribution is 2.42. The quantitative estimate of drug-likeness (QED) is 0.325. The van der Waals surface area contributed by atoms with Crippen LogP contribution in [0.1, 0.15) is 60.5 Å². The Labute approximate surface area is 209 Å². The first-order valence-electron chi connectivity index (χ1n) is 11.3. The first-order valence-corrected chi connectivity index (χ1v) is 11.3. The second-order valence-corrected chi connectivity index (χ2v) is 9.05. The molecule has 1 N–H and O–H groups in total. The number of alkyl halides is 6. The van der Waals surface area contributed by atoms with Crippen LogP contribution in [-0.2, 0) is 17.1 Å². The SMILES string of the molecule is C=C(C)C#C[C@H](c1ccc(C(F)(F)F)cc1F)N1CC[C@H](CC(=O)O)C[C@@H]1c1ccc(C(F)(F)F)cc1. The summed E-state index contributed by atoms with van der Waals surface area (Å²) in [6.07, 6.45) is -8.88. The lowest BCUT2D eigenvalue weighted by Gasteiger charge is -2.42. The van der Waals surface area contributed by atoms with Crippen molar-refractivity contribution in [3.63, 3.8) is 0 Å². The number of halogens is 7. The summed E-state index contributed by atoms with van der Waals surface area (Å²) in [6, 6.07) is 4.77. The third-order valence-corrected chi connectivity index (χ3v) is 6.21. The molecule has 3 atom stereocenters. The fourth-order valence-electron chi connectivity index (χ4n) is 4.48. The lowest BCUT2D eigenvalue weighted by Crippen LogP contribution is -2.40. The minimum Gasteiger partial charge on any atom is -0.481 e. The summed E-state index contributed by atoms with van der Waals surface area (Å²) in [5, 5.41) is 9.26. The zero-order chi connectivity index (χ0) is 27.5. The smallest absolute Gasteiger partial charge is 0.416 e. The van der Waals surface area contributed by atoms with Crippen LogP contribution >= 0.6 is 0 Å². The third-order valence-electron chi connectivity index (χ3n) is 6.21. The van der Waals surface area contributed by atoms with Gasteiger partial charge in [-0.2, -0.15) is 26.3 Å². The van der Waals surface area contributed by atoms with Crippen LogP contribution in [0.25, 0.3) is 0 Å². The molecule has 0 amide bonds. The molecule has 1 fully saturated rings. The number of hydrogen-bond donors (Lipinski definition) is 1. The number of aliphatic carboxylic acids is 1. The standard InChI is InChI=1S/C27H24F7NO2/c1-16(2)3-10-23(21-9-8-20(15-22(21)28)27(32,33)34)35-12-11-17(14-25(36)37)13-24(35)18-4-6-19(7-5-18)26(29,30)31/h4-9,15,17,23-24H,1,11-14H2,2H3,(H,36,37)/t17-,23+,24+/m0/s1. The molecule has 1 aliphatic rings. The summed E-state index contributed by atoms with van der Waals surface area (Å²) in [5.74, 6) is 3.12. The van der Waals surface area contributed by atoms with Crippen LogP contribution in [0.5, 0.6) is 0 Å². The van der Waals surface area contributed by atoms with E-state index < -0.39 is 47.3 Å². The van der Waals surface area contributed by atoms with Gasteiger partial charge in [-0.1, -0.05) is 36.6 Å². The lowest BCUT2D eigenvalue weighted by atomic mass is 9.83. The largest absolute Gasteiger partial charge is 0.481 e. The maximum Gasteiger partial charge on any atom is 0.416 e. The average molecular weight is 527 g/mol. The normalized spacial score (nSPS) is 19.6. The maximum atomic E-state index is 15.1. The van der Waals surface area contributed by atoms with Gasteiger partial charge in [-0.15, -0.1) is 0 Å². The van der Waals surface area contributed by atoms with E-state index in [4.69, 9.17) is 0 Å². The molecule has 3 nitrogen and oxygen atoms in total. The van der Waals surface area contributed by atoms with Crippen molar-refractivity contribution in [3.05, 3.63) is 82.7 Å². The van der Waals surface area contributed by atoms with Crippen LogP contribution in [-0.4, -0.2) is 22.5 Å². The first kappa shape index (κ1) is 28.3. The van der Waals surface area contributed by atoms with Gasteiger partial charge in [0.05, 0.1) is 11.1 Å². The van der Waals surface area contributed by atoms with Crippen LogP contribution in [0.3, 0.4) is 0 Å². The highest BCUT2D eigenvalue weighted by atomic mass is 19.4. The molecule has 0 aliphatic carbocycles. The number of rotatable bonds is 5. The van der Waals surface area contributed by atoms with Crippen molar-refractivity contribution in [1.29, 1.82) is 0 Å². The fraction of sp³-hybridized carbons (Fsp3) is 0.370. The maximum absolute atomic E-state index is 15.1. The number of allylic oxidation sites excluding steroid dienone is 1. The number of piperidine rings is 1. The molecule has 3 rings (SSSR count). The van der Waals surface area contributed by atoms with Crippen molar-refractivity contribution in [2.24, 2.45) is 5.92 Å². The average Bonchev–Trinajstić information content (AvgIpc) is 2.79. The Morgan fingerprint density at radius 1 is 1.08 bits per heavy atom. The molecule has 1 aliphatic heterocycles. The van der Waals surface area contributed by atoms with E-state index in [1.54, 1.807) is 11.8 Å². The number of hydrogen-bond acceptors (Lipinski definition) is 2. The van der Waals surface area contributed by atoms with Crippen molar-refractivity contribution in [2.75, 3.05) is 6.54 Å². The Morgan fingerprint density at radius 2 is 1.68 bits per heavy atom. The second-order valence-electron chi connectivity index (χ2n) is 9.05. The monoisotopic (exact) mass is 527 g/mol. The molecule has 2 aromatic carbocycles. The van der Waals surface area contributed by atoms with Gasteiger partial charge in [0, 0.05) is 24.6 Å². The first-order chi connectivity index (χ1) is 17.2. The highest BCUT2D eigenvalue weighted by molar-refractivity contribution is 5.67. The Bertz CT molecular complexity index is 1210. The predicted molar refractivity (Wildman–Crippen MR) is 123 cm³/mol. The van der Waals surface area contributed by atoms with Gasteiger partial charge in [0.15, 0.2) is 0 Å². The number of carboxylic acid groups (broad SMARTS) is 1. The molecule has 0 radical (unpaired) electrons. The van der Waals surface area contributed by atoms with Crippen LogP contribution in [0.4, 0.5) is 30.7 Å². The third kappa shape index (κ3) is 7.13. The number of likely N-dealkylation sites (tertiary alicyclic amines) is 1. The van der Waals surface area contributed by atoms with Crippen molar-refractivity contribution in [2.45, 2.75) is 50.6 Å². The number of carbonyl (C=O) groups is 1. The Balaban J connectivity index is 2.09. The van der Waals surface area contributed by atoms with E-state index in [0.29, 0.717) is 23.6 Å². The Kier molecular flexibility index (Phi) is 8.38. The Morgan fingerprint density at radius 3 is 2.19 bits per heavy atom. The zero-order valence-electron chi connectivity index (χ0n) is 19.8. The summed E-state index contributed by atoms with van der Waals surface area (Å²) < 4.78 is 93.7. The molecule has 1 saturated heterocycles. The van der Waals surface area contributed by atoms with Crippen molar-refractivity contribution in [1.82, 2.24) is 4.90 Å². The topological polar surface area (TPSA) is 40.5 Å². The van der Waals surface area contributed by atoms with E-state index in [1.807, 2.05) is 0 Å². The molecule has 198 valence electrons. The molecule has 0 spiro atoms. The van der Waals surface area contributed by atoms with Gasteiger partial charge >= 0.3 is 18.3 Å². The number of carboxylic acids is 1. The van der Waals surface area contributed by atoms with Gasteiger partial charge in [-0.05, 0) is 61.1 Å². The summed E-state index contributed by atoms with van der Waals surface area (Å²) in [5.41, 5.74) is -1.31. The molecular formula is C27H24F7NO2. The molecule has 2 aromatic rings. The van der Waals surface area contributed by atoms with E-state index in [-0.39, 0.29) is 30.9 Å². The van der Waals surface area contributed by atoms with Crippen LogP contribution in [0.2, 0.25) is 0 Å². The van der Waals surface area contributed by atoms with Crippen molar-refractivity contribution in [3.8, 4) is 11.8 Å². The van der Waals surface area contributed by atoms with Gasteiger partial charge in [-0.25, -0.2) is 4.39 Å². The molecule has 10 heteroatoms. The van der Waals surface area contributed by atoms with Gasteiger partial charge in [-0.3, -0.25) is 9.69 Å². The lowest BCUT2D eigenvalue weighted by molar-refractivity contribution is -0.139. The second kappa shape index (κ2) is 11.0. The van der Waals surface area contributed by atoms with Crippen molar-refractivity contribution < 1.29 is 40.6 Å². The summed E-state index contributed by atoms with van der Waals surface area (Å²) >= 11 is 0. The van der Waals surface area contributed by atoms with Gasteiger partial charge in [0.25, 0.3) is 0 Å². The molecule has 0 aromatic heterocycles.